The summed E-state index contributed by atoms with van der Waals surface area (Å²) < 4.78 is 21.1. The van der Waals surface area contributed by atoms with Crippen molar-refractivity contribution in [2.45, 2.75) is 186 Å². The third-order valence-electron chi connectivity index (χ3n) is 13.5. The van der Waals surface area contributed by atoms with Crippen LogP contribution in [0.1, 0.15) is 175 Å². The Labute approximate surface area is 318 Å². The first-order valence-electron chi connectivity index (χ1n) is 21.1. The summed E-state index contributed by atoms with van der Waals surface area (Å²) in [5.41, 5.74) is 10.7. The van der Waals surface area contributed by atoms with E-state index in [1.54, 1.807) is 0 Å². The molecule has 0 radical (unpaired) electrons. The quantitative estimate of drug-likeness (QED) is 0.226. The van der Waals surface area contributed by atoms with E-state index in [1.165, 1.54) is 100 Å². The normalized spacial score (nSPS) is 25.5. The summed E-state index contributed by atoms with van der Waals surface area (Å²) in [6.45, 7) is 27.9. The van der Waals surface area contributed by atoms with Gasteiger partial charge in [0.05, 0.1) is 6.61 Å². The first-order chi connectivity index (χ1) is 24.5. The monoisotopic (exact) mass is 744 g/mol. The van der Waals surface area contributed by atoms with Crippen molar-refractivity contribution in [2.75, 3.05) is 6.61 Å². The van der Waals surface area contributed by atoms with Crippen molar-refractivity contribution in [3.05, 3.63) is 53.1 Å². The molecule has 52 heavy (non-hydrogen) atoms. The fourth-order valence-corrected chi connectivity index (χ4v) is 16.6. The molecule has 5 atom stereocenters. The Morgan fingerprint density at radius 2 is 1.23 bits per heavy atom. The van der Waals surface area contributed by atoms with E-state index in [1.807, 2.05) is 0 Å². The Bertz CT molecular complexity index is 1780. The van der Waals surface area contributed by atoms with Crippen LogP contribution >= 0.6 is 16.2 Å². The first-order valence-corrected chi connectivity index (χ1v) is 23.7. The Morgan fingerprint density at radius 1 is 0.692 bits per heavy atom. The lowest BCUT2D eigenvalue weighted by molar-refractivity contribution is 0.229. The molecule has 0 N–H and O–H groups in total. The molecular formula is C47H70O3P2. The minimum absolute atomic E-state index is 0.0175. The van der Waals surface area contributed by atoms with Gasteiger partial charge in [-0.15, -0.1) is 0 Å². The summed E-state index contributed by atoms with van der Waals surface area (Å²) in [5, 5.41) is 2.23. The van der Waals surface area contributed by atoms with Gasteiger partial charge < -0.3 is 8.39 Å². The summed E-state index contributed by atoms with van der Waals surface area (Å²) >= 11 is 0. The van der Waals surface area contributed by atoms with E-state index in [4.69, 9.17) is 12.9 Å². The molecule has 7 rings (SSSR count). The van der Waals surface area contributed by atoms with Crippen LogP contribution in [0.3, 0.4) is 0 Å². The molecule has 4 fully saturated rings. The van der Waals surface area contributed by atoms with Crippen LogP contribution in [-0.2, 0) is 16.2 Å². The summed E-state index contributed by atoms with van der Waals surface area (Å²) in [7, 11) is -1.50. The van der Waals surface area contributed by atoms with Crippen molar-refractivity contribution in [1.29, 1.82) is 0 Å². The largest absolute Gasteiger partial charge is 0.399 e. The average molecular weight is 745 g/mol. The van der Waals surface area contributed by atoms with E-state index in [2.05, 4.69) is 100 Å². The van der Waals surface area contributed by atoms with Crippen LogP contribution in [0.15, 0.2) is 39.2 Å². The number of hydrogen-bond donors (Lipinski definition) is 0. The second kappa shape index (κ2) is 14.8. The minimum Gasteiger partial charge on any atom is -0.399 e. The number of hydrogen-bond acceptors (Lipinski definition) is 3. The highest BCUT2D eigenvalue weighted by atomic mass is 31.1. The van der Waals surface area contributed by atoms with Gasteiger partial charge in [0.15, 0.2) is 0 Å². The molecule has 1 heterocycles. The van der Waals surface area contributed by atoms with Crippen LogP contribution in [0.2, 0.25) is 0 Å². The third kappa shape index (κ3) is 7.92. The zero-order valence-electron chi connectivity index (χ0n) is 34.5. The molecule has 0 aliphatic heterocycles. The summed E-state index contributed by atoms with van der Waals surface area (Å²) in [6, 6.07) is 9.34. The Morgan fingerprint density at radius 3 is 1.71 bits per heavy atom. The van der Waals surface area contributed by atoms with Gasteiger partial charge in [-0.25, -0.2) is 0 Å². The van der Waals surface area contributed by atoms with E-state index < -0.39 is 8.24 Å². The van der Waals surface area contributed by atoms with E-state index in [-0.39, 0.29) is 24.2 Å². The van der Waals surface area contributed by atoms with Gasteiger partial charge in [0, 0.05) is 21.9 Å². The summed E-state index contributed by atoms with van der Waals surface area (Å²) in [6.07, 6.45) is 19.3. The topological polar surface area (TPSA) is 35.5 Å². The maximum absolute atomic E-state index is 7.09. The molecule has 4 aliphatic carbocycles. The molecule has 1 aromatic heterocycles. The lowest BCUT2D eigenvalue weighted by atomic mass is 9.78. The highest BCUT2D eigenvalue weighted by molar-refractivity contribution is 7.60. The van der Waals surface area contributed by atoms with Crippen LogP contribution in [0.5, 0.6) is 0 Å². The molecular weight excluding hydrogens is 674 g/mol. The van der Waals surface area contributed by atoms with Crippen LogP contribution in [0.25, 0.3) is 27.5 Å². The molecule has 3 aromatic rings. The summed E-state index contributed by atoms with van der Waals surface area (Å²) in [5.74, 6) is 2.33. The highest BCUT2D eigenvalue weighted by Crippen LogP contribution is 2.68. The van der Waals surface area contributed by atoms with Gasteiger partial charge in [0.2, 0.25) is 0 Å². The van der Waals surface area contributed by atoms with Gasteiger partial charge in [-0.2, -0.15) is 0 Å². The lowest BCUT2D eigenvalue weighted by Crippen LogP contribution is -2.32. The van der Waals surface area contributed by atoms with E-state index in [9.17, 15) is 0 Å². The zero-order valence-corrected chi connectivity index (χ0v) is 36.3. The Kier molecular flexibility index (Phi) is 11.1. The van der Waals surface area contributed by atoms with Gasteiger partial charge in [-0.3, -0.25) is 4.52 Å². The lowest BCUT2D eigenvalue weighted by Gasteiger charge is -2.45. The van der Waals surface area contributed by atoms with Gasteiger partial charge in [0.1, 0.15) is 11.2 Å². The van der Waals surface area contributed by atoms with Crippen molar-refractivity contribution in [3.8, 4) is 0 Å². The molecule has 0 amide bonds. The minimum atomic E-state index is -1.65. The molecule has 4 aliphatic rings. The van der Waals surface area contributed by atoms with Crippen molar-refractivity contribution >= 4 is 43.7 Å². The average Bonchev–Trinajstić information content (AvgIpc) is 3.63. The second-order valence-corrected chi connectivity index (χ2v) is 24.7. The van der Waals surface area contributed by atoms with E-state index >= 15 is 0 Å². The van der Waals surface area contributed by atoms with Gasteiger partial charge in [-0.05, 0) is 132 Å². The van der Waals surface area contributed by atoms with Crippen LogP contribution in [0.4, 0.5) is 0 Å². The van der Waals surface area contributed by atoms with Crippen LogP contribution < -0.4 is 4.52 Å². The van der Waals surface area contributed by atoms with E-state index in [0.29, 0.717) is 5.92 Å². The molecule has 2 aromatic carbocycles. The molecule has 286 valence electrons. The van der Waals surface area contributed by atoms with Crippen molar-refractivity contribution < 1.29 is 12.9 Å². The Balaban J connectivity index is 1.26. The number of fused-ring (bicyclic) bond motifs is 5. The highest BCUT2D eigenvalue weighted by Gasteiger charge is 2.51. The van der Waals surface area contributed by atoms with Gasteiger partial charge >= 0.3 is 8.24 Å². The second-order valence-electron chi connectivity index (χ2n) is 20.6. The number of benzene rings is 2. The van der Waals surface area contributed by atoms with Gasteiger partial charge in [-0.1, -0.05) is 127 Å². The molecule has 5 unspecified atom stereocenters. The molecule has 2 bridgehead atoms. The molecule has 3 nitrogen and oxygen atoms in total. The van der Waals surface area contributed by atoms with Crippen LogP contribution in [-0.4, -0.2) is 23.6 Å². The first kappa shape index (κ1) is 38.7. The smallest absolute Gasteiger partial charge is 0.387 e. The molecule has 4 saturated carbocycles. The van der Waals surface area contributed by atoms with Crippen molar-refractivity contribution in [2.24, 2.45) is 17.8 Å². The number of allylic oxidation sites excluding steroid dienone is 1. The molecule has 0 saturated heterocycles. The third-order valence-corrected chi connectivity index (χ3v) is 18.7. The van der Waals surface area contributed by atoms with Gasteiger partial charge in [0.25, 0.3) is 0 Å². The van der Waals surface area contributed by atoms with E-state index in [0.717, 1.165) is 68.5 Å². The summed E-state index contributed by atoms with van der Waals surface area (Å²) in [4.78, 5) is 0. The fourth-order valence-electron chi connectivity index (χ4n) is 10.6. The predicted molar refractivity (Wildman–Crippen MR) is 227 cm³/mol. The molecule has 5 heteroatoms. The Hall–Kier alpha value is -1.53. The number of rotatable bonds is 7. The maximum atomic E-state index is 7.09. The molecule has 0 spiro atoms. The van der Waals surface area contributed by atoms with Crippen LogP contribution in [0, 0.1) is 17.8 Å². The maximum Gasteiger partial charge on any atom is 0.387 e. The SMILES string of the molecule is C=C(C)c1cc(C(C)(C)C)c2op(OCC3CC4CC3CC4P(C3CCCCC3)C3CCCCC3)oc3c(C(C)(C)C)cc(C(C)(C)C)cc3c2c1. The predicted octanol–water partition coefficient (Wildman–Crippen LogP) is 15.2. The fraction of sp³-hybridized carbons (Fsp3) is 0.702. The van der Waals surface area contributed by atoms with Crippen molar-refractivity contribution in [3.63, 3.8) is 0 Å². The van der Waals surface area contributed by atoms with Crippen molar-refractivity contribution in [1.82, 2.24) is 0 Å². The standard InChI is InChI=1S/C47H70O3P2/c1-30(2)31-24-38-39-27-35(45(3,4)5)28-41(47(9,10)11)44(39)50-52(49-43(38)40(25-31)46(6,7)8)48-29-34-23-33-22-32(34)26-42(33)51(36-18-14-12-15-19-36)37-20-16-13-17-21-37/h24-25,27-28,32-34,36-37,42H,1,12-23,26,29H2,2-11H3. The zero-order chi connectivity index (χ0) is 37.2.